The number of nitrogens with zero attached hydrogens (tertiary/aromatic N) is 3. The molecule has 1 atom stereocenters. The third-order valence-corrected chi connectivity index (χ3v) is 4.25. The number of benzene rings is 2. The number of anilines is 1. The Morgan fingerprint density at radius 1 is 0.960 bits per heavy atom. The Labute approximate surface area is 145 Å². The van der Waals surface area contributed by atoms with Crippen LogP contribution in [-0.2, 0) is 0 Å². The SMILES string of the molecule is CC(CNc1ncnc2c(-c3ccccc3)noc12)c1ccccc1. The summed E-state index contributed by atoms with van der Waals surface area (Å²) in [5, 5.41) is 7.56. The van der Waals surface area contributed by atoms with Crippen LogP contribution in [0.5, 0.6) is 0 Å². The first kappa shape index (κ1) is 15.3. The summed E-state index contributed by atoms with van der Waals surface area (Å²) in [6.07, 6.45) is 1.54. The minimum Gasteiger partial charge on any atom is -0.366 e. The van der Waals surface area contributed by atoms with Gasteiger partial charge in [-0.3, -0.25) is 0 Å². The van der Waals surface area contributed by atoms with E-state index in [0.29, 0.717) is 17.3 Å². The second kappa shape index (κ2) is 6.73. The monoisotopic (exact) mass is 330 g/mol. The molecule has 0 bridgehead atoms. The molecule has 0 amide bonds. The van der Waals surface area contributed by atoms with Gasteiger partial charge in [0.25, 0.3) is 0 Å². The number of fused-ring (bicyclic) bond motifs is 1. The van der Waals surface area contributed by atoms with Crippen LogP contribution in [0.25, 0.3) is 22.4 Å². The number of aromatic nitrogens is 3. The zero-order chi connectivity index (χ0) is 17.1. The van der Waals surface area contributed by atoms with E-state index in [1.165, 1.54) is 5.56 Å². The van der Waals surface area contributed by atoms with E-state index < -0.39 is 0 Å². The van der Waals surface area contributed by atoms with E-state index in [4.69, 9.17) is 4.52 Å². The van der Waals surface area contributed by atoms with Gasteiger partial charge in [-0.2, -0.15) is 0 Å². The van der Waals surface area contributed by atoms with Crippen LogP contribution in [0.3, 0.4) is 0 Å². The fourth-order valence-corrected chi connectivity index (χ4v) is 2.82. The maximum atomic E-state index is 5.54. The predicted molar refractivity (Wildman–Crippen MR) is 98.4 cm³/mol. The van der Waals surface area contributed by atoms with Crippen molar-refractivity contribution in [1.82, 2.24) is 15.1 Å². The Morgan fingerprint density at radius 2 is 1.68 bits per heavy atom. The van der Waals surface area contributed by atoms with Crippen LogP contribution in [0.1, 0.15) is 18.4 Å². The normalized spacial score (nSPS) is 12.2. The van der Waals surface area contributed by atoms with Crippen molar-refractivity contribution in [1.29, 1.82) is 0 Å². The van der Waals surface area contributed by atoms with E-state index in [1.807, 2.05) is 36.4 Å². The van der Waals surface area contributed by atoms with Gasteiger partial charge in [-0.05, 0) is 11.5 Å². The summed E-state index contributed by atoms with van der Waals surface area (Å²) in [6, 6.07) is 20.3. The molecule has 4 aromatic rings. The molecule has 0 radical (unpaired) electrons. The first-order valence-electron chi connectivity index (χ1n) is 8.27. The quantitative estimate of drug-likeness (QED) is 0.583. The maximum absolute atomic E-state index is 5.54. The molecule has 0 aliphatic carbocycles. The molecule has 0 fully saturated rings. The van der Waals surface area contributed by atoms with Crippen LogP contribution in [0.4, 0.5) is 5.82 Å². The maximum Gasteiger partial charge on any atom is 0.228 e. The van der Waals surface area contributed by atoms with Crippen molar-refractivity contribution in [3.63, 3.8) is 0 Å². The van der Waals surface area contributed by atoms with Gasteiger partial charge in [0.15, 0.2) is 5.82 Å². The molecule has 2 aromatic heterocycles. The van der Waals surface area contributed by atoms with E-state index in [2.05, 4.69) is 51.6 Å². The highest BCUT2D eigenvalue weighted by Gasteiger charge is 2.16. The first-order valence-corrected chi connectivity index (χ1v) is 8.27. The summed E-state index contributed by atoms with van der Waals surface area (Å²) in [5.74, 6) is 1.02. The van der Waals surface area contributed by atoms with Crippen LogP contribution in [0.15, 0.2) is 71.5 Å². The number of nitrogens with one attached hydrogen (secondary N) is 1. The molecule has 2 aromatic carbocycles. The van der Waals surface area contributed by atoms with Crippen LogP contribution in [-0.4, -0.2) is 21.7 Å². The van der Waals surface area contributed by atoms with Crippen molar-refractivity contribution in [3.05, 3.63) is 72.6 Å². The summed E-state index contributed by atoms with van der Waals surface area (Å²) in [7, 11) is 0. The Hall–Kier alpha value is -3.21. The van der Waals surface area contributed by atoms with E-state index in [0.717, 1.165) is 23.3 Å². The molecule has 0 aliphatic rings. The van der Waals surface area contributed by atoms with Gasteiger partial charge in [0.2, 0.25) is 5.58 Å². The highest BCUT2D eigenvalue weighted by Crippen LogP contribution is 2.29. The van der Waals surface area contributed by atoms with Crippen molar-refractivity contribution >= 4 is 16.9 Å². The molecule has 0 saturated carbocycles. The third-order valence-electron chi connectivity index (χ3n) is 4.25. The molecular weight excluding hydrogens is 312 g/mol. The van der Waals surface area contributed by atoms with E-state index >= 15 is 0 Å². The molecule has 1 unspecified atom stereocenters. The molecule has 2 heterocycles. The lowest BCUT2D eigenvalue weighted by Crippen LogP contribution is -2.11. The Bertz CT molecular complexity index is 967. The summed E-state index contributed by atoms with van der Waals surface area (Å²) >= 11 is 0. The second-order valence-electron chi connectivity index (χ2n) is 5.99. The lowest BCUT2D eigenvalue weighted by atomic mass is 10.0. The van der Waals surface area contributed by atoms with Crippen LogP contribution >= 0.6 is 0 Å². The van der Waals surface area contributed by atoms with Crippen LogP contribution < -0.4 is 5.32 Å². The number of hydrogen-bond donors (Lipinski definition) is 1. The molecule has 25 heavy (non-hydrogen) atoms. The molecule has 5 heteroatoms. The summed E-state index contributed by atoms with van der Waals surface area (Å²) in [4.78, 5) is 8.68. The standard InChI is InChI=1S/C20H18N4O/c1-14(15-8-4-2-5-9-15)12-21-20-19-18(22-13-23-20)17(24-25-19)16-10-6-3-7-11-16/h2-11,13-14H,12H2,1H3,(H,21,22,23). The fourth-order valence-electron chi connectivity index (χ4n) is 2.82. The molecule has 124 valence electrons. The Kier molecular flexibility index (Phi) is 4.12. The van der Waals surface area contributed by atoms with E-state index in [-0.39, 0.29) is 0 Å². The van der Waals surface area contributed by atoms with Gasteiger partial charge in [-0.1, -0.05) is 72.7 Å². The lowest BCUT2D eigenvalue weighted by Gasteiger charge is -2.13. The van der Waals surface area contributed by atoms with Gasteiger partial charge in [0.05, 0.1) is 0 Å². The third kappa shape index (κ3) is 3.08. The molecular formula is C20H18N4O. The van der Waals surface area contributed by atoms with E-state index in [9.17, 15) is 0 Å². The second-order valence-corrected chi connectivity index (χ2v) is 5.99. The summed E-state index contributed by atoms with van der Waals surface area (Å²) in [5.41, 5.74) is 4.29. The van der Waals surface area contributed by atoms with Crippen molar-refractivity contribution in [2.75, 3.05) is 11.9 Å². The zero-order valence-electron chi connectivity index (χ0n) is 13.9. The van der Waals surface area contributed by atoms with E-state index in [1.54, 1.807) is 6.33 Å². The van der Waals surface area contributed by atoms with Gasteiger partial charge in [-0.25, -0.2) is 9.97 Å². The Morgan fingerprint density at radius 3 is 2.44 bits per heavy atom. The average Bonchev–Trinajstić information content (AvgIpc) is 3.12. The van der Waals surface area contributed by atoms with Gasteiger partial charge in [0.1, 0.15) is 17.5 Å². The lowest BCUT2D eigenvalue weighted by molar-refractivity contribution is 0.459. The minimum atomic E-state index is 0.350. The summed E-state index contributed by atoms with van der Waals surface area (Å²) in [6.45, 7) is 2.92. The molecule has 4 rings (SSSR count). The minimum absolute atomic E-state index is 0.350. The molecule has 0 aliphatic heterocycles. The average molecular weight is 330 g/mol. The molecule has 5 nitrogen and oxygen atoms in total. The zero-order valence-corrected chi connectivity index (χ0v) is 13.9. The van der Waals surface area contributed by atoms with Crippen LogP contribution in [0.2, 0.25) is 0 Å². The van der Waals surface area contributed by atoms with Crippen LogP contribution in [0, 0.1) is 0 Å². The largest absolute Gasteiger partial charge is 0.366 e. The first-order chi connectivity index (χ1) is 12.3. The predicted octanol–water partition coefficient (Wildman–Crippen LogP) is 4.50. The topological polar surface area (TPSA) is 63.8 Å². The van der Waals surface area contributed by atoms with Crippen molar-refractivity contribution in [3.8, 4) is 11.3 Å². The Balaban J connectivity index is 1.60. The smallest absolute Gasteiger partial charge is 0.228 e. The number of rotatable bonds is 5. The van der Waals surface area contributed by atoms with Gasteiger partial charge in [-0.15, -0.1) is 0 Å². The fraction of sp³-hybridized carbons (Fsp3) is 0.150. The van der Waals surface area contributed by atoms with Crippen molar-refractivity contribution in [2.45, 2.75) is 12.8 Å². The highest BCUT2D eigenvalue weighted by atomic mass is 16.5. The molecule has 0 saturated heterocycles. The van der Waals surface area contributed by atoms with Gasteiger partial charge < -0.3 is 9.84 Å². The van der Waals surface area contributed by atoms with Crippen molar-refractivity contribution < 1.29 is 4.52 Å². The number of hydrogen-bond acceptors (Lipinski definition) is 5. The van der Waals surface area contributed by atoms with Crippen molar-refractivity contribution in [2.24, 2.45) is 0 Å². The van der Waals surface area contributed by atoms with Gasteiger partial charge in [0, 0.05) is 12.1 Å². The molecule has 1 N–H and O–H groups in total. The highest BCUT2D eigenvalue weighted by molar-refractivity contribution is 5.93. The summed E-state index contributed by atoms with van der Waals surface area (Å²) < 4.78 is 5.54. The van der Waals surface area contributed by atoms with Gasteiger partial charge >= 0.3 is 0 Å². The molecule has 0 spiro atoms.